The molecule has 3 aromatic rings. The second-order valence-electron chi connectivity index (χ2n) is 13.1. The molecular weight excluding hydrogens is 583 g/mol. The molecule has 5 unspecified atom stereocenters. The molecule has 3 aliphatic carbocycles. The predicted octanol–water partition coefficient (Wildman–Crippen LogP) is 10.8. The van der Waals surface area contributed by atoms with Crippen LogP contribution in [0.2, 0.25) is 0 Å². The van der Waals surface area contributed by atoms with Crippen molar-refractivity contribution in [1.82, 2.24) is 0 Å². The Kier molecular flexibility index (Phi) is 7.70. The molecule has 4 heteroatoms. The van der Waals surface area contributed by atoms with Crippen molar-refractivity contribution in [3.63, 3.8) is 0 Å². The first-order valence-electron chi connectivity index (χ1n) is 16.8. The molecule has 0 N–H and O–H groups in total. The number of ether oxygens (including phenoxy) is 2. The van der Waals surface area contributed by atoms with Crippen LogP contribution in [0.15, 0.2) is 127 Å². The monoisotopic (exact) mass is 623 g/mol. The maximum Gasteiger partial charge on any atom is 0.147 e. The lowest BCUT2D eigenvalue weighted by molar-refractivity contribution is 0.117. The van der Waals surface area contributed by atoms with E-state index >= 15 is 0 Å². The van der Waals surface area contributed by atoms with Crippen molar-refractivity contribution in [2.45, 2.75) is 69.6 Å². The van der Waals surface area contributed by atoms with E-state index in [-0.39, 0.29) is 18.1 Å². The van der Waals surface area contributed by atoms with E-state index in [1.165, 1.54) is 55.9 Å². The summed E-state index contributed by atoms with van der Waals surface area (Å²) in [5.41, 5.74) is 7.40. The minimum absolute atomic E-state index is 0.0528. The van der Waals surface area contributed by atoms with Crippen molar-refractivity contribution < 1.29 is 9.47 Å². The molecule has 0 bridgehead atoms. The van der Waals surface area contributed by atoms with Gasteiger partial charge in [-0.25, -0.2) is 0 Å². The zero-order valence-electron chi connectivity index (χ0n) is 26.5. The van der Waals surface area contributed by atoms with Crippen LogP contribution in [0.25, 0.3) is 16.2 Å². The predicted molar refractivity (Wildman–Crippen MR) is 194 cm³/mol. The number of fused-ring (bicyclic) bond motifs is 6. The zero-order valence-corrected chi connectivity index (χ0v) is 27.3. The zero-order chi connectivity index (χ0) is 31.2. The van der Waals surface area contributed by atoms with Crippen LogP contribution in [0.1, 0.15) is 60.9 Å². The van der Waals surface area contributed by atoms with Gasteiger partial charge in [0, 0.05) is 32.8 Å². The third-order valence-corrected chi connectivity index (χ3v) is 11.4. The van der Waals surface area contributed by atoms with E-state index in [2.05, 4.69) is 116 Å². The summed E-state index contributed by atoms with van der Waals surface area (Å²) in [6.45, 7) is 10.5. The van der Waals surface area contributed by atoms with Gasteiger partial charge in [-0.05, 0) is 91.3 Å². The molecule has 0 radical (unpaired) electrons. The second kappa shape index (κ2) is 12.1. The third kappa shape index (κ3) is 5.13. The van der Waals surface area contributed by atoms with E-state index in [9.17, 15) is 0 Å². The maximum absolute atomic E-state index is 6.81. The molecule has 3 heterocycles. The summed E-state index contributed by atoms with van der Waals surface area (Å²) in [7, 11) is 0. The van der Waals surface area contributed by atoms with E-state index in [4.69, 9.17) is 9.47 Å². The quantitative estimate of drug-likeness (QED) is 0.244. The molecule has 3 nitrogen and oxygen atoms in total. The minimum Gasteiger partial charge on any atom is -0.486 e. The number of nitrogens with zero attached hydrogens (tertiary/aromatic N) is 1. The summed E-state index contributed by atoms with van der Waals surface area (Å²) in [4.78, 5) is 4.08. The van der Waals surface area contributed by atoms with Crippen LogP contribution in [0, 0.1) is 5.92 Å². The highest BCUT2D eigenvalue weighted by Gasteiger charge is 2.42. The number of thiophene rings is 1. The summed E-state index contributed by atoms with van der Waals surface area (Å²) in [6.07, 6.45) is 30.8. The molecule has 1 saturated carbocycles. The Hall–Kier alpha value is -4.28. The average molecular weight is 624 g/mol. The Labute approximate surface area is 276 Å². The van der Waals surface area contributed by atoms with Crippen LogP contribution >= 0.6 is 11.3 Å². The fourth-order valence-electron chi connectivity index (χ4n) is 8.04. The number of rotatable bonds is 7. The molecule has 232 valence electrons. The average Bonchev–Trinajstić information content (AvgIpc) is 3.62. The van der Waals surface area contributed by atoms with Crippen LogP contribution in [-0.2, 0) is 6.42 Å². The van der Waals surface area contributed by atoms with E-state index in [0.717, 1.165) is 42.8 Å². The lowest BCUT2D eigenvalue weighted by atomic mass is 9.83. The molecule has 5 aliphatic rings. The highest BCUT2D eigenvalue weighted by Crippen LogP contribution is 2.52. The molecule has 1 fully saturated rings. The van der Waals surface area contributed by atoms with Gasteiger partial charge in [0.25, 0.3) is 0 Å². The van der Waals surface area contributed by atoms with Crippen LogP contribution in [0.4, 0.5) is 5.69 Å². The molecule has 0 saturated heterocycles. The van der Waals surface area contributed by atoms with Crippen molar-refractivity contribution in [2.24, 2.45) is 5.92 Å². The van der Waals surface area contributed by atoms with Crippen molar-refractivity contribution in [3.8, 4) is 11.5 Å². The summed E-state index contributed by atoms with van der Waals surface area (Å²) in [6, 6.07) is 13.6. The van der Waals surface area contributed by atoms with Gasteiger partial charge in [0.2, 0.25) is 0 Å². The summed E-state index contributed by atoms with van der Waals surface area (Å²) < 4.78 is 14.6. The van der Waals surface area contributed by atoms with Gasteiger partial charge in [-0.1, -0.05) is 92.5 Å². The van der Waals surface area contributed by atoms with E-state index in [1.807, 2.05) is 23.5 Å². The third-order valence-electron chi connectivity index (χ3n) is 10.2. The number of hydrogen-bond acceptors (Lipinski definition) is 4. The second-order valence-corrected chi connectivity index (χ2v) is 14.2. The fourth-order valence-corrected chi connectivity index (χ4v) is 9.33. The Morgan fingerprint density at radius 1 is 1.07 bits per heavy atom. The van der Waals surface area contributed by atoms with Crippen LogP contribution in [0.3, 0.4) is 0 Å². The molecule has 46 heavy (non-hydrogen) atoms. The van der Waals surface area contributed by atoms with Crippen LogP contribution < -0.4 is 14.4 Å². The first-order valence-corrected chi connectivity index (χ1v) is 17.6. The van der Waals surface area contributed by atoms with E-state index in [0.29, 0.717) is 12.0 Å². The summed E-state index contributed by atoms with van der Waals surface area (Å²) >= 11 is 1.94. The normalized spacial score (nSPS) is 26.2. The van der Waals surface area contributed by atoms with Crippen molar-refractivity contribution in [2.75, 3.05) is 4.90 Å². The topological polar surface area (TPSA) is 21.7 Å². The van der Waals surface area contributed by atoms with Crippen LogP contribution in [0.5, 0.6) is 11.5 Å². The molecule has 0 amide bonds. The first kappa shape index (κ1) is 29.1. The Morgan fingerprint density at radius 2 is 1.93 bits per heavy atom. The lowest BCUT2D eigenvalue weighted by Gasteiger charge is -2.47. The van der Waals surface area contributed by atoms with Gasteiger partial charge in [-0.3, -0.25) is 0 Å². The van der Waals surface area contributed by atoms with Crippen molar-refractivity contribution in [3.05, 3.63) is 143 Å². The van der Waals surface area contributed by atoms with Gasteiger partial charge < -0.3 is 14.4 Å². The molecule has 1 aromatic heterocycles. The fraction of sp³-hybridized carbons (Fsp3) is 0.286. The van der Waals surface area contributed by atoms with Crippen molar-refractivity contribution in [1.29, 1.82) is 0 Å². The van der Waals surface area contributed by atoms with Crippen molar-refractivity contribution >= 4 is 33.2 Å². The Balaban J connectivity index is 1.24. The van der Waals surface area contributed by atoms with Gasteiger partial charge in [-0.15, -0.1) is 11.3 Å². The Morgan fingerprint density at radius 3 is 2.83 bits per heavy atom. The summed E-state index contributed by atoms with van der Waals surface area (Å²) in [5.74, 6) is 2.46. The molecular formula is C42H41NO2S. The van der Waals surface area contributed by atoms with Gasteiger partial charge in [0.15, 0.2) is 0 Å². The smallest absolute Gasteiger partial charge is 0.147 e. The van der Waals surface area contributed by atoms with Gasteiger partial charge in [0.1, 0.15) is 23.7 Å². The minimum atomic E-state index is 0.0528. The highest BCUT2D eigenvalue weighted by atomic mass is 32.1. The number of allylic oxidation sites excluding steroid dienone is 10. The SMILES string of the molecule is C=C/C=C\C(=C)C1=CC(N2c3cc4c(cc3OC3CCCCC32)OC2C=CC=CC42)=CC(Cc2sc3ccccc3c2/C=C\C)C1. The van der Waals surface area contributed by atoms with Gasteiger partial charge >= 0.3 is 0 Å². The van der Waals surface area contributed by atoms with E-state index < -0.39 is 0 Å². The summed E-state index contributed by atoms with van der Waals surface area (Å²) in [5, 5.41) is 1.35. The molecule has 8 rings (SSSR count). The first-order chi connectivity index (χ1) is 22.6. The standard InChI is InChI=1S/C42H41NO2S/c1-4-6-14-27(3)29-21-28(23-42-32(13-5-2)33-16-8-12-20-41(33)46-42)22-30(24-29)43-35-17-9-11-19-38(35)45-40-26-39-34(25-36(40)43)31-15-7-10-18-37(31)44-39/h4-8,10,12-16,18,20,22,24-26,28,31,35,37-38H,1,3,9,11,17,19,21,23H2,2H3/b13-5-,14-6-. The lowest BCUT2D eigenvalue weighted by Crippen LogP contribution is -2.51. The van der Waals surface area contributed by atoms with E-state index in [1.54, 1.807) is 0 Å². The molecule has 0 spiro atoms. The molecule has 2 aliphatic heterocycles. The maximum atomic E-state index is 6.81. The highest BCUT2D eigenvalue weighted by molar-refractivity contribution is 7.19. The number of anilines is 1. The largest absolute Gasteiger partial charge is 0.486 e. The Bertz CT molecular complexity index is 1900. The number of benzene rings is 2. The number of hydrogen-bond donors (Lipinski definition) is 0. The molecule has 2 aromatic carbocycles. The van der Waals surface area contributed by atoms with Crippen LogP contribution in [-0.4, -0.2) is 18.2 Å². The van der Waals surface area contributed by atoms with Gasteiger partial charge in [-0.2, -0.15) is 0 Å². The molecule has 5 atom stereocenters. The van der Waals surface area contributed by atoms with Gasteiger partial charge in [0.05, 0.1) is 11.7 Å².